The van der Waals surface area contributed by atoms with Gasteiger partial charge in [-0.05, 0) is 37.7 Å². The summed E-state index contributed by atoms with van der Waals surface area (Å²) in [5.41, 5.74) is 1.19. The molecule has 0 amide bonds. The standard InChI is InChI=1S/C15H27NO/c1-6-7-8-13(4)15(11-12(2)3)17-14(5)9-10-16/h12,14-15H,4,6-9,11H2,1-3,5H3. The molecule has 0 N–H and O–H groups in total. The number of nitriles is 1. The van der Waals surface area contributed by atoms with Crippen molar-refractivity contribution in [3.05, 3.63) is 12.2 Å². The lowest BCUT2D eigenvalue weighted by atomic mass is 9.96. The van der Waals surface area contributed by atoms with E-state index in [0.29, 0.717) is 12.3 Å². The molecule has 0 radical (unpaired) electrons. The monoisotopic (exact) mass is 237 g/mol. The molecule has 0 rings (SSSR count). The van der Waals surface area contributed by atoms with Crippen molar-refractivity contribution in [3.8, 4) is 6.07 Å². The molecule has 0 aliphatic carbocycles. The molecule has 0 saturated carbocycles. The van der Waals surface area contributed by atoms with Crippen molar-refractivity contribution in [2.75, 3.05) is 0 Å². The molecule has 0 aromatic carbocycles. The lowest BCUT2D eigenvalue weighted by Crippen LogP contribution is -2.23. The fraction of sp³-hybridized carbons (Fsp3) is 0.800. The van der Waals surface area contributed by atoms with E-state index >= 15 is 0 Å². The van der Waals surface area contributed by atoms with Crippen molar-refractivity contribution in [3.63, 3.8) is 0 Å². The zero-order valence-corrected chi connectivity index (χ0v) is 11.8. The lowest BCUT2D eigenvalue weighted by Gasteiger charge is -2.25. The maximum absolute atomic E-state index is 8.66. The molecule has 17 heavy (non-hydrogen) atoms. The van der Waals surface area contributed by atoms with Crippen LogP contribution in [0.2, 0.25) is 0 Å². The van der Waals surface area contributed by atoms with Crippen LogP contribution in [0.4, 0.5) is 0 Å². The Kier molecular flexibility index (Phi) is 8.80. The Balaban J connectivity index is 4.31. The van der Waals surface area contributed by atoms with E-state index in [1.54, 1.807) is 0 Å². The molecule has 0 aliphatic rings. The Hall–Kier alpha value is -0.810. The number of rotatable bonds is 9. The van der Waals surface area contributed by atoms with E-state index in [-0.39, 0.29) is 12.2 Å². The first kappa shape index (κ1) is 16.2. The van der Waals surface area contributed by atoms with E-state index in [0.717, 1.165) is 12.8 Å². The van der Waals surface area contributed by atoms with Crippen LogP contribution in [0.1, 0.15) is 59.8 Å². The normalized spacial score (nSPS) is 14.4. The van der Waals surface area contributed by atoms with Crippen molar-refractivity contribution in [1.82, 2.24) is 0 Å². The Bertz CT molecular complexity index is 252. The van der Waals surface area contributed by atoms with E-state index in [1.165, 1.54) is 18.4 Å². The third-order valence-corrected chi connectivity index (χ3v) is 2.77. The van der Waals surface area contributed by atoms with Gasteiger partial charge in [0.25, 0.3) is 0 Å². The second-order valence-corrected chi connectivity index (χ2v) is 5.19. The van der Waals surface area contributed by atoms with Crippen LogP contribution in [0.5, 0.6) is 0 Å². The third-order valence-electron chi connectivity index (χ3n) is 2.77. The summed E-state index contributed by atoms with van der Waals surface area (Å²) >= 11 is 0. The first-order valence-corrected chi connectivity index (χ1v) is 6.71. The smallest absolute Gasteiger partial charge is 0.0788 e. The number of nitrogens with zero attached hydrogens (tertiary/aromatic N) is 1. The quantitative estimate of drug-likeness (QED) is 0.554. The molecular weight excluding hydrogens is 210 g/mol. The van der Waals surface area contributed by atoms with Gasteiger partial charge in [0.05, 0.1) is 24.7 Å². The number of hydrogen-bond acceptors (Lipinski definition) is 2. The molecule has 98 valence electrons. The van der Waals surface area contributed by atoms with Gasteiger partial charge >= 0.3 is 0 Å². The van der Waals surface area contributed by atoms with Gasteiger partial charge < -0.3 is 4.74 Å². The van der Waals surface area contributed by atoms with Gasteiger partial charge in [0.1, 0.15) is 0 Å². The molecule has 2 nitrogen and oxygen atoms in total. The lowest BCUT2D eigenvalue weighted by molar-refractivity contribution is 0.00902. The minimum atomic E-state index is 0.00197. The minimum Gasteiger partial charge on any atom is -0.370 e. The highest BCUT2D eigenvalue weighted by molar-refractivity contribution is 5.03. The van der Waals surface area contributed by atoms with Gasteiger partial charge in [-0.1, -0.05) is 33.8 Å². The zero-order valence-electron chi connectivity index (χ0n) is 11.8. The summed E-state index contributed by atoms with van der Waals surface area (Å²) in [6.45, 7) is 12.7. The molecule has 0 aliphatic heterocycles. The molecule has 0 aromatic heterocycles. The predicted octanol–water partition coefficient (Wildman–Crippen LogP) is 4.47. The number of hydrogen-bond donors (Lipinski definition) is 0. The molecular formula is C15H27NO. The van der Waals surface area contributed by atoms with Crippen LogP contribution in [0, 0.1) is 17.2 Å². The molecule has 0 spiro atoms. The summed E-state index contributed by atoms with van der Waals surface area (Å²) in [4.78, 5) is 0. The molecule has 0 heterocycles. The Morgan fingerprint density at radius 3 is 2.47 bits per heavy atom. The summed E-state index contributed by atoms with van der Waals surface area (Å²) < 4.78 is 5.94. The van der Waals surface area contributed by atoms with Crippen LogP contribution in [-0.4, -0.2) is 12.2 Å². The fourth-order valence-electron chi connectivity index (χ4n) is 1.77. The van der Waals surface area contributed by atoms with Crippen LogP contribution in [0.3, 0.4) is 0 Å². The predicted molar refractivity (Wildman–Crippen MR) is 72.7 cm³/mol. The van der Waals surface area contributed by atoms with Gasteiger partial charge in [-0.15, -0.1) is 0 Å². The molecule has 2 atom stereocenters. The van der Waals surface area contributed by atoms with E-state index in [4.69, 9.17) is 10.00 Å². The molecule has 0 aromatic rings. The van der Waals surface area contributed by atoms with Crippen molar-refractivity contribution in [1.29, 1.82) is 5.26 Å². The zero-order chi connectivity index (χ0) is 13.3. The Morgan fingerprint density at radius 1 is 1.35 bits per heavy atom. The Labute approximate surface area is 107 Å². The SMILES string of the molecule is C=C(CCCC)C(CC(C)C)OC(C)CC#N. The molecule has 0 saturated heterocycles. The average molecular weight is 237 g/mol. The van der Waals surface area contributed by atoms with E-state index in [9.17, 15) is 0 Å². The van der Waals surface area contributed by atoms with E-state index in [1.807, 2.05) is 6.92 Å². The van der Waals surface area contributed by atoms with Crippen LogP contribution >= 0.6 is 0 Å². The van der Waals surface area contributed by atoms with Gasteiger partial charge in [0, 0.05) is 0 Å². The largest absolute Gasteiger partial charge is 0.370 e. The second kappa shape index (κ2) is 9.24. The molecule has 2 heteroatoms. The topological polar surface area (TPSA) is 33.0 Å². The Morgan fingerprint density at radius 2 is 2.00 bits per heavy atom. The van der Waals surface area contributed by atoms with Crippen LogP contribution < -0.4 is 0 Å². The second-order valence-electron chi connectivity index (χ2n) is 5.19. The molecule has 0 bridgehead atoms. The highest BCUT2D eigenvalue weighted by Crippen LogP contribution is 2.21. The van der Waals surface area contributed by atoms with Gasteiger partial charge in [-0.3, -0.25) is 0 Å². The number of unbranched alkanes of at least 4 members (excludes halogenated alkanes) is 1. The molecule has 0 fully saturated rings. The van der Waals surface area contributed by atoms with Crippen molar-refractivity contribution >= 4 is 0 Å². The van der Waals surface area contributed by atoms with Crippen LogP contribution in [-0.2, 0) is 4.74 Å². The maximum Gasteiger partial charge on any atom is 0.0788 e. The third kappa shape index (κ3) is 7.99. The van der Waals surface area contributed by atoms with Crippen LogP contribution in [0.15, 0.2) is 12.2 Å². The van der Waals surface area contributed by atoms with Crippen molar-refractivity contribution in [2.24, 2.45) is 5.92 Å². The summed E-state index contributed by atoms with van der Waals surface area (Å²) in [6.07, 6.45) is 4.96. The first-order chi connectivity index (χ1) is 8.01. The summed E-state index contributed by atoms with van der Waals surface area (Å²) in [7, 11) is 0. The fourth-order valence-corrected chi connectivity index (χ4v) is 1.77. The minimum absolute atomic E-state index is 0.00197. The van der Waals surface area contributed by atoms with E-state index in [2.05, 4.69) is 33.4 Å². The van der Waals surface area contributed by atoms with Crippen molar-refractivity contribution in [2.45, 2.75) is 72.0 Å². The summed E-state index contributed by atoms with van der Waals surface area (Å²) in [6, 6.07) is 2.15. The van der Waals surface area contributed by atoms with Gasteiger partial charge in [0.2, 0.25) is 0 Å². The van der Waals surface area contributed by atoms with Gasteiger partial charge in [-0.2, -0.15) is 5.26 Å². The van der Waals surface area contributed by atoms with E-state index < -0.39 is 0 Å². The first-order valence-electron chi connectivity index (χ1n) is 6.71. The maximum atomic E-state index is 8.66. The molecule has 2 unspecified atom stereocenters. The highest BCUT2D eigenvalue weighted by Gasteiger charge is 2.17. The number of ether oxygens (including phenoxy) is 1. The summed E-state index contributed by atoms with van der Waals surface area (Å²) in [5.74, 6) is 0.590. The van der Waals surface area contributed by atoms with Gasteiger partial charge in [-0.25, -0.2) is 0 Å². The highest BCUT2D eigenvalue weighted by atomic mass is 16.5. The van der Waals surface area contributed by atoms with Crippen LogP contribution in [0.25, 0.3) is 0 Å². The average Bonchev–Trinajstić information content (AvgIpc) is 2.24. The van der Waals surface area contributed by atoms with Gasteiger partial charge in [0.15, 0.2) is 0 Å². The summed E-state index contributed by atoms with van der Waals surface area (Å²) in [5, 5.41) is 8.66. The van der Waals surface area contributed by atoms with Crippen molar-refractivity contribution < 1.29 is 4.74 Å².